The van der Waals surface area contributed by atoms with E-state index in [9.17, 15) is 0 Å². The second-order valence-electron chi connectivity index (χ2n) is 8.02. The number of aromatic nitrogens is 3. The van der Waals surface area contributed by atoms with Crippen molar-refractivity contribution >= 4 is 45.7 Å². The maximum atomic E-state index is 5.94. The van der Waals surface area contributed by atoms with Gasteiger partial charge in [0.15, 0.2) is 0 Å². The summed E-state index contributed by atoms with van der Waals surface area (Å²) in [5.74, 6) is 2.84. The van der Waals surface area contributed by atoms with E-state index in [0.29, 0.717) is 23.6 Å². The van der Waals surface area contributed by atoms with Crippen molar-refractivity contribution in [2.45, 2.75) is 19.8 Å². The standard InChI is InChI=1S/C25H24BrN7O/c1-17-9-11-20(21(26)15-17)22-12-10-19(34-22)16-27-32-24-29-23(28-18-7-3-2-4-8-18)30-25(31-24)33-13-5-6-14-33/h2-4,7-12,15-16H,5-6,13-14H2,1H3,(H2,28,29,30,31,32)/b27-16+. The Kier molecular flexibility index (Phi) is 6.53. The fourth-order valence-electron chi connectivity index (χ4n) is 3.72. The normalized spacial score (nSPS) is 13.5. The van der Waals surface area contributed by atoms with Crippen molar-refractivity contribution in [3.63, 3.8) is 0 Å². The van der Waals surface area contributed by atoms with Crippen LogP contribution in [0.1, 0.15) is 24.2 Å². The van der Waals surface area contributed by atoms with Gasteiger partial charge < -0.3 is 14.6 Å². The van der Waals surface area contributed by atoms with E-state index in [2.05, 4.69) is 70.7 Å². The minimum Gasteiger partial charge on any atom is -0.455 e. The smallest absolute Gasteiger partial charge is 0.250 e. The van der Waals surface area contributed by atoms with E-state index in [0.717, 1.165) is 47.4 Å². The van der Waals surface area contributed by atoms with Crippen LogP contribution in [-0.2, 0) is 0 Å². The number of aryl methyl sites for hydroxylation is 1. The zero-order chi connectivity index (χ0) is 23.3. The second kappa shape index (κ2) is 10.0. The van der Waals surface area contributed by atoms with Gasteiger partial charge in [-0.15, -0.1) is 0 Å². The van der Waals surface area contributed by atoms with Crippen molar-refractivity contribution < 1.29 is 4.42 Å². The molecule has 0 saturated carbocycles. The van der Waals surface area contributed by atoms with Crippen LogP contribution >= 0.6 is 15.9 Å². The number of furan rings is 1. The number of benzene rings is 2. The Morgan fingerprint density at radius 2 is 1.76 bits per heavy atom. The van der Waals surface area contributed by atoms with E-state index >= 15 is 0 Å². The highest BCUT2D eigenvalue weighted by atomic mass is 79.9. The SMILES string of the molecule is Cc1ccc(-c2ccc(/C=N/Nc3nc(Nc4ccccc4)nc(N4CCCC4)n3)o2)c(Br)c1. The number of halogens is 1. The maximum Gasteiger partial charge on any atom is 0.250 e. The molecular weight excluding hydrogens is 494 g/mol. The summed E-state index contributed by atoms with van der Waals surface area (Å²) in [5, 5.41) is 7.53. The Balaban J connectivity index is 1.33. The van der Waals surface area contributed by atoms with E-state index in [1.54, 1.807) is 6.21 Å². The Morgan fingerprint density at radius 3 is 2.56 bits per heavy atom. The Bertz CT molecular complexity index is 1300. The molecule has 1 fully saturated rings. The van der Waals surface area contributed by atoms with Crippen LogP contribution < -0.4 is 15.6 Å². The zero-order valence-electron chi connectivity index (χ0n) is 18.7. The zero-order valence-corrected chi connectivity index (χ0v) is 20.3. The third kappa shape index (κ3) is 5.26. The quantitative estimate of drug-likeness (QED) is 0.229. The molecule has 172 valence electrons. The molecule has 1 aliphatic heterocycles. The molecule has 3 heterocycles. The van der Waals surface area contributed by atoms with Gasteiger partial charge in [0, 0.05) is 28.8 Å². The predicted molar refractivity (Wildman–Crippen MR) is 139 cm³/mol. The molecule has 2 aromatic carbocycles. The molecule has 1 saturated heterocycles. The van der Waals surface area contributed by atoms with E-state index in [1.165, 1.54) is 5.56 Å². The average molecular weight is 518 g/mol. The number of anilines is 4. The number of hydrogen-bond donors (Lipinski definition) is 2. The lowest BCUT2D eigenvalue weighted by Crippen LogP contribution is -2.21. The van der Waals surface area contributed by atoms with E-state index in [-0.39, 0.29) is 0 Å². The van der Waals surface area contributed by atoms with Crippen LogP contribution in [0.5, 0.6) is 0 Å². The Hall–Kier alpha value is -3.72. The monoisotopic (exact) mass is 517 g/mol. The second-order valence-corrected chi connectivity index (χ2v) is 8.88. The number of hydrogen-bond acceptors (Lipinski definition) is 8. The van der Waals surface area contributed by atoms with Gasteiger partial charge in [-0.25, -0.2) is 5.43 Å². The highest BCUT2D eigenvalue weighted by Gasteiger charge is 2.17. The summed E-state index contributed by atoms with van der Waals surface area (Å²) in [6.07, 6.45) is 3.87. The van der Waals surface area contributed by atoms with E-state index in [1.807, 2.05) is 48.5 Å². The van der Waals surface area contributed by atoms with Crippen LogP contribution in [0.2, 0.25) is 0 Å². The summed E-state index contributed by atoms with van der Waals surface area (Å²) in [6.45, 7) is 3.92. The van der Waals surface area contributed by atoms with Gasteiger partial charge in [-0.1, -0.05) is 40.2 Å². The molecule has 8 nitrogen and oxygen atoms in total. The fraction of sp³-hybridized carbons (Fsp3) is 0.200. The van der Waals surface area contributed by atoms with Crippen molar-refractivity contribution in [3.8, 4) is 11.3 Å². The molecule has 0 spiro atoms. The first-order chi connectivity index (χ1) is 16.6. The minimum atomic E-state index is 0.361. The minimum absolute atomic E-state index is 0.361. The molecule has 34 heavy (non-hydrogen) atoms. The summed E-state index contributed by atoms with van der Waals surface area (Å²) >= 11 is 3.60. The molecule has 0 atom stereocenters. The van der Waals surface area contributed by atoms with Gasteiger partial charge in [-0.3, -0.25) is 0 Å². The lowest BCUT2D eigenvalue weighted by Gasteiger charge is -2.16. The van der Waals surface area contributed by atoms with Crippen LogP contribution in [-0.4, -0.2) is 34.3 Å². The molecule has 0 unspecified atom stereocenters. The molecule has 0 amide bonds. The van der Waals surface area contributed by atoms with Gasteiger partial charge in [0.05, 0.1) is 6.21 Å². The molecule has 4 aromatic rings. The van der Waals surface area contributed by atoms with E-state index in [4.69, 9.17) is 4.42 Å². The number of para-hydroxylation sites is 1. The first-order valence-corrected chi connectivity index (χ1v) is 11.9. The molecule has 2 N–H and O–H groups in total. The van der Waals surface area contributed by atoms with Crippen molar-refractivity contribution in [1.82, 2.24) is 15.0 Å². The molecule has 0 radical (unpaired) electrons. The molecule has 5 rings (SSSR count). The maximum absolute atomic E-state index is 5.94. The summed E-state index contributed by atoms with van der Waals surface area (Å²) in [5.41, 5.74) is 5.99. The summed E-state index contributed by atoms with van der Waals surface area (Å²) in [4.78, 5) is 15.8. The van der Waals surface area contributed by atoms with Crippen molar-refractivity contribution in [2.75, 3.05) is 28.7 Å². The van der Waals surface area contributed by atoms with Gasteiger partial charge in [0.1, 0.15) is 11.5 Å². The Morgan fingerprint density at radius 1 is 0.971 bits per heavy atom. The van der Waals surface area contributed by atoms with Crippen LogP contribution in [0.15, 0.2) is 74.7 Å². The molecule has 0 bridgehead atoms. The highest BCUT2D eigenvalue weighted by Crippen LogP contribution is 2.30. The number of nitrogens with zero attached hydrogens (tertiary/aromatic N) is 5. The van der Waals surface area contributed by atoms with Crippen molar-refractivity contribution in [3.05, 3.63) is 76.5 Å². The van der Waals surface area contributed by atoms with Crippen molar-refractivity contribution in [1.29, 1.82) is 0 Å². The van der Waals surface area contributed by atoms with Gasteiger partial charge in [0.25, 0.3) is 0 Å². The molecule has 0 aliphatic carbocycles. The largest absolute Gasteiger partial charge is 0.455 e. The molecule has 9 heteroatoms. The molecule has 1 aliphatic rings. The number of rotatable bonds is 7. The summed E-state index contributed by atoms with van der Waals surface area (Å²) in [7, 11) is 0. The van der Waals surface area contributed by atoms with Crippen LogP contribution in [0.25, 0.3) is 11.3 Å². The van der Waals surface area contributed by atoms with Gasteiger partial charge >= 0.3 is 0 Å². The topological polar surface area (TPSA) is 91.5 Å². The van der Waals surface area contributed by atoms with Gasteiger partial charge in [0.2, 0.25) is 17.8 Å². The van der Waals surface area contributed by atoms with Gasteiger partial charge in [-0.2, -0.15) is 20.1 Å². The average Bonchev–Trinajstić information content (AvgIpc) is 3.52. The Labute approximate surface area is 206 Å². The van der Waals surface area contributed by atoms with Crippen molar-refractivity contribution in [2.24, 2.45) is 5.10 Å². The highest BCUT2D eigenvalue weighted by molar-refractivity contribution is 9.10. The first-order valence-electron chi connectivity index (χ1n) is 11.1. The first kappa shape index (κ1) is 22.1. The van der Waals surface area contributed by atoms with Crippen LogP contribution in [0.4, 0.5) is 23.5 Å². The van der Waals surface area contributed by atoms with E-state index < -0.39 is 0 Å². The summed E-state index contributed by atoms with van der Waals surface area (Å²) < 4.78 is 6.93. The third-order valence-corrected chi connectivity index (χ3v) is 6.07. The van der Waals surface area contributed by atoms with Crippen LogP contribution in [0, 0.1) is 6.92 Å². The number of hydrazone groups is 1. The lowest BCUT2D eigenvalue weighted by molar-refractivity contribution is 0.574. The van der Waals surface area contributed by atoms with Gasteiger partial charge in [-0.05, 0) is 61.7 Å². The number of nitrogens with one attached hydrogen (secondary N) is 2. The lowest BCUT2D eigenvalue weighted by atomic mass is 10.1. The molecule has 2 aromatic heterocycles. The third-order valence-electron chi connectivity index (χ3n) is 5.42. The molecular formula is C25H24BrN7O. The summed E-state index contributed by atoms with van der Waals surface area (Å²) in [6, 6.07) is 19.8. The fourth-order valence-corrected chi connectivity index (χ4v) is 4.41. The predicted octanol–water partition coefficient (Wildman–Crippen LogP) is 5.99. The van der Waals surface area contributed by atoms with Crippen LogP contribution in [0.3, 0.4) is 0 Å².